The molecular formula is C22H23FN4O3. The van der Waals surface area contributed by atoms with Crippen molar-refractivity contribution in [2.45, 2.75) is 39.8 Å². The third-order valence-corrected chi connectivity index (χ3v) is 4.94. The molecule has 3 aromatic rings. The molecule has 1 N–H and O–H groups in total. The first kappa shape index (κ1) is 21.2. The lowest BCUT2D eigenvalue weighted by Crippen LogP contribution is -2.47. The number of para-hydroxylation sites is 1. The van der Waals surface area contributed by atoms with E-state index in [0.717, 1.165) is 20.4 Å². The van der Waals surface area contributed by atoms with Gasteiger partial charge < -0.3 is 5.32 Å². The summed E-state index contributed by atoms with van der Waals surface area (Å²) in [5, 5.41) is 6.61. The molecule has 1 unspecified atom stereocenters. The van der Waals surface area contributed by atoms with Crippen LogP contribution < -0.4 is 16.6 Å². The van der Waals surface area contributed by atoms with Crippen LogP contribution in [0.1, 0.15) is 41.9 Å². The number of carbonyl (C=O) groups excluding carboxylic acids is 1. The molecule has 0 fully saturated rings. The zero-order valence-corrected chi connectivity index (χ0v) is 17.1. The molecule has 0 spiro atoms. The van der Waals surface area contributed by atoms with Crippen molar-refractivity contribution in [3.63, 3.8) is 0 Å². The van der Waals surface area contributed by atoms with Crippen LogP contribution in [0.15, 0.2) is 58.1 Å². The van der Waals surface area contributed by atoms with Gasteiger partial charge in [0.15, 0.2) is 0 Å². The zero-order valence-electron chi connectivity index (χ0n) is 17.1. The van der Waals surface area contributed by atoms with Crippen LogP contribution in [0.4, 0.5) is 4.39 Å². The SMILES string of the molecule is CCC(C)NC(=O)c1nn(-c2ccccc2F)c(=O)n(Cc2ccccc2C)c1=O. The van der Waals surface area contributed by atoms with Crippen LogP contribution in [0, 0.1) is 12.7 Å². The molecule has 0 bridgehead atoms. The molecule has 0 saturated carbocycles. The smallest absolute Gasteiger partial charge is 0.348 e. The first-order chi connectivity index (χ1) is 14.3. The standard InChI is InChI=1S/C22H23FN4O3/c1-4-15(3)24-20(28)19-21(29)26(13-16-10-6-5-9-14(16)2)22(30)27(25-19)18-12-8-7-11-17(18)23/h5-12,15H,4,13H2,1-3H3,(H,24,28). The van der Waals surface area contributed by atoms with Gasteiger partial charge in [-0.2, -0.15) is 9.78 Å². The van der Waals surface area contributed by atoms with E-state index in [0.29, 0.717) is 6.42 Å². The van der Waals surface area contributed by atoms with Gasteiger partial charge in [-0.15, -0.1) is 0 Å². The highest BCUT2D eigenvalue weighted by Gasteiger charge is 2.22. The van der Waals surface area contributed by atoms with E-state index in [4.69, 9.17) is 0 Å². The predicted molar refractivity (Wildman–Crippen MR) is 112 cm³/mol. The number of benzene rings is 2. The van der Waals surface area contributed by atoms with Crippen molar-refractivity contribution < 1.29 is 9.18 Å². The molecule has 0 aliphatic heterocycles. The van der Waals surface area contributed by atoms with Gasteiger partial charge >= 0.3 is 5.69 Å². The average Bonchev–Trinajstić information content (AvgIpc) is 2.73. The van der Waals surface area contributed by atoms with Gasteiger partial charge in [0, 0.05) is 6.04 Å². The van der Waals surface area contributed by atoms with E-state index < -0.39 is 28.7 Å². The lowest BCUT2D eigenvalue weighted by atomic mass is 10.1. The fourth-order valence-corrected chi connectivity index (χ4v) is 2.93. The normalized spacial score (nSPS) is 11.9. The summed E-state index contributed by atoms with van der Waals surface area (Å²) in [6.07, 6.45) is 0.649. The molecule has 1 aromatic heterocycles. The second-order valence-electron chi connectivity index (χ2n) is 7.09. The van der Waals surface area contributed by atoms with E-state index in [1.165, 1.54) is 18.2 Å². The number of nitrogens with zero attached hydrogens (tertiary/aromatic N) is 3. The van der Waals surface area contributed by atoms with Gasteiger partial charge in [-0.25, -0.2) is 9.18 Å². The van der Waals surface area contributed by atoms with Crippen LogP contribution in [0.2, 0.25) is 0 Å². The van der Waals surface area contributed by atoms with E-state index in [1.807, 2.05) is 26.0 Å². The molecule has 0 saturated heterocycles. The number of hydrogen-bond acceptors (Lipinski definition) is 4. The Morgan fingerprint density at radius 1 is 1.13 bits per heavy atom. The number of amides is 1. The quantitative estimate of drug-likeness (QED) is 0.676. The van der Waals surface area contributed by atoms with Crippen LogP contribution in [-0.2, 0) is 6.54 Å². The molecule has 3 rings (SSSR count). The molecule has 0 aliphatic carbocycles. The van der Waals surface area contributed by atoms with Gasteiger partial charge in [-0.05, 0) is 43.5 Å². The predicted octanol–water partition coefficient (Wildman–Crippen LogP) is 2.42. The Kier molecular flexibility index (Phi) is 6.25. The van der Waals surface area contributed by atoms with Gasteiger partial charge in [0.05, 0.1) is 6.54 Å². The Morgan fingerprint density at radius 2 is 1.80 bits per heavy atom. The van der Waals surface area contributed by atoms with Gasteiger partial charge in [0.2, 0.25) is 5.69 Å². The fraction of sp³-hybridized carbons (Fsp3) is 0.273. The Bertz CT molecular complexity index is 1200. The van der Waals surface area contributed by atoms with E-state index >= 15 is 0 Å². The third-order valence-electron chi connectivity index (χ3n) is 4.94. The van der Waals surface area contributed by atoms with Gasteiger partial charge in [0.25, 0.3) is 11.5 Å². The molecule has 30 heavy (non-hydrogen) atoms. The van der Waals surface area contributed by atoms with Crippen LogP contribution in [0.25, 0.3) is 5.69 Å². The number of aromatic nitrogens is 3. The van der Waals surface area contributed by atoms with Crippen molar-refractivity contribution in [2.75, 3.05) is 0 Å². The van der Waals surface area contributed by atoms with Crippen molar-refractivity contribution in [1.29, 1.82) is 0 Å². The number of nitrogens with one attached hydrogen (secondary N) is 1. The van der Waals surface area contributed by atoms with Gasteiger partial charge in [0.1, 0.15) is 11.5 Å². The summed E-state index contributed by atoms with van der Waals surface area (Å²) in [4.78, 5) is 38.8. The number of halogens is 1. The largest absolute Gasteiger partial charge is 0.352 e. The molecule has 1 atom stereocenters. The molecule has 0 aliphatic rings. The average molecular weight is 410 g/mol. The molecule has 8 heteroatoms. The summed E-state index contributed by atoms with van der Waals surface area (Å²) < 4.78 is 16.1. The molecule has 156 valence electrons. The number of rotatable bonds is 6. The van der Waals surface area contributed by atoms with Crippen LogP contribution in [0.5, 0.6) is 0 Å². The third kappa shape index (κ3) is 4.22. The maximum Gasteiger partial charge on any atom is 0.352 e. The van der Waals surface area contributed by atoms with Crippen molar-refractivity contribution >= 4 is 5.91 Å². The van der Waals surface area contributed by atoms with Crippen LogP contribution >= 0.6 is 0 Å². The summed E-state index contributed by atoms with van der Waals surface area (Å²) in [6, 6.07) is 12.6. The monoisotopic (exact) mass is 410 g/mol. The topological polar surface area (TPSA) is 86.0 Å². The minimum atomic E-state index is -0.826. The minimum absolute atomic E-state index is 0.0646. The number of aryl methyl sites for hydroxylation is 1. The molecule has 0 radical (unpaired) electrons. The first-order valence-corrected chi connectivity index (χ1v) is 9.68. The van der Waals surface area contributed by atoms with E-state index in [9.17, 15) is 18.8 Å². The molecule has 1 amide bonds. The van der Waals surface area contributed by atoms with E-state index in [-0.39, 0.29) is 18.3 Å². The number of carbonyl (C=O) groups is 1. The Morgan fingerprint density at radius 3 is 2.47 bits per heavy atom. The summed E-state index contributed by atoms with van der Waals surface area (Å²) in [5.41, 5.74) is -0.643. The van der Waals surface area contributed by atoms with Crippen molar-refractivity contribution in [1.82, 2.24) is 19.7 Å². The maximum atomic E-state index is 14.4. The summed E-state index contributed by atoms with van der Waals surface area (Å²) in [7, 11) is 0. The van der Waals surface area contributed by atoms with Crippen molar-refractivity contribution in [3.8, 4) is 5.69 Å². The summed E-state index contributed by atoms with van der Waals surface area (Å²) in [5.74, 6) is -1.40. The molecule has 1 heterocycles. The van der Waals surface area contributed by atoms with Crippen molar-refractivity contribution in [3.05, 3.63) is 92.0 Å². The fourth-order valence-electron chi connectivity index (χ4n) is 2.93. The van der Waals surface area contributed by atoms with Crippen molar-refractivity contribution in [2.24, 2.45) is 0 Å². The van der Waals surface area contributed by atoms with Gasteiger partial charge in [-0.1, -0.05) is 43.3 Å². The van der Waals surface area contributed by atoms with Gasteiger partial charge in [-0.3, -0.25) is 14.2 Å². The first-order valence-electron chi connectivity index (χ1n) is 9.68. The summed E-state index contributed by atoms with van der Waals surface area (Å²) in [6.45, 7) is 5.46. The molecule has 7 nitrogen and oxygen atoms in total. The lowest BCUT2D eigenvalue weighted by Gasteiger charge is -2.15. The van der Waals surface area contributed by atoms with Crippen LogP contribution in [0.3, 0.4) is 0 Å². The molecule has 2 aromatic carbocycles. The Labute approximate surface area is 172 Å². The second kappa shape index (κ2) is 8.86. The molecular weight excluding hydrogens is 387 g/mol. The van der Waals surface area contributed by atoms with E-state index in [2.05, 4.69) is 10.4 Å². The zero-order chi connectivity index (χ0) is 21.8. The highest BCUT2D eigenvalue weighted by molar-refractivity contribution is 5.91. The number of hydrogen-bond donors (Lipinski definition) is 1. The van der Waals surface area contributed by atoms with E-state index in [1.54, 1.807) is 25.1 Å². The Hall–Kier alpha value is -3.55. The maximum absolute atomic E-state index is 14.4. The highest BCUT2D eigenvalue weighted by Crippen LogP contribution is 2.10. The minimum Gasteiger partial charge on any atom is -0.348 e. The summed E-state index contributed by atoms with van der Waals surface area (Å²) >= 11 is 0. The van der Waals surface area contributed by atoms with Crippen LogP contribution in [-0.4, -0.2) is 26.3 Å². The second-order valence-corrected chi connectivity index (χ2v) is 7.09. The lowest BCUT2D eigenvalue weighted by molar-refractivity contribution is 0.0929. The highest BCUT2D eigenvalue weighted by atomic mass is 19.1. The Balaban J connectivity index is 2.23.